The van der Waals surface area contributed by atoms with Crippen LogP contribution in [0.3, 0.4) is 0 Å². The molecule has 63 heavy (non-hydrogen) atoms. The molecule has 0 saturated heterocycles. The van der Waals surface area contributed by atoms with Crippen LogP contribution in [-0.4, -0.2) is 0 Å². The van der Waals surface area contributed by atoms with E-state index < -0.39 is 0 Å². The van der Waals surface area contributed by atoms with Crippen molar-refractivity contribution in [3.63, 3.8) is 0 Å². The number of rotatable bonds is 9. The van der Waals surface area contributed by atoms with Crippen molar-refractivity contribution >= 4 is 51.9 Å². The molecule has 330 valence electrons. The Morgan fingerprint density at radius 1 is 0.349 bits per heavy atom. The van der Waals surface area contributed by atoms with Gasteiger partial charge in [-0.25, -0.2) is 0 Å². The number of halogens is 3. The van der Waals surface area contributed by atoms with Crippen LogP contribution in [0.25, 0.3) is 0 Å². The van der Waals surface area contributed by atoms with Gasteiger partial charge in [0.15, 0.2) is 11.5 Å². The van der Waals surface area contributed by atoms with E-state index in [2.05, 4.69) is 0 Å². The smallest absolute Gasteiger partial charge is 0.212 e. The third-order valence-electron chi connectivity index (χ3n) is 18.6. The van der Waals surface area contributed by atoms with E-state index in [1.54, 1.807) is 5.56 Å². The molecule has 0 spiro atoms. The lowest BCUT2D eigenvalue weighted by atomic mass is 9.41. The van der Waals surface area contributed by atoms with Crippen LogP contribution in [0.2, 0.25) is 15.1 Å². The molecule has 0 heterocycles. The maximum Gasteiger partial charge on any atom is 0.212 e. The minimum atomic E-state index is -0.0582. The van der Waals surface area contributed by atoms with E-state index in [9.17, 15) is 0 Å². The highest BCUT2D eigenvalue weighted by molar-refractivity contribution is 6.33. The monoisotopic (exact) mass is 903 g/mol. The summed E-state index contributed by atoms with van der Waals surface area (Å²) < 4.78 is 22.8. The van der Waals surface area contributed by atoms with Gasteiger partial charge in [0, 0.05) is 40.2 Å². The zero-order valence-electron chi connectivity index (χ0n) is 36.2. The van der Waals surface area contributed by atoms with Gasteiger partial charge in [-0.1, -0.05) is 34.8 Å². The summed E-state index contributed by atoms with van der Waals surface area (Å²) in [4.78, 5) is 0. The Labute approximate surface area is 387 Å². The van der Waals surface area contributed by atoms with Gasteiger partial charge in [-0.2, -0.15) is 0 Å². The first-order chi connectivity index (χ1) is 30.4. The second-order valence-corrected chi connectivity index (χ2v) is 24.3. The van der Waals surface area contributed by atoms with Gasteiger partial charge in [-0.15, -0.1) is 0 Å². The van der Waals surface area contributed by atoms with Crippen LogP contribution in [0.4, 0.5) is 17.1 Å². The first kappa shape index (κ1) is 39.9. The van der Waals surface area contributed by atoms with Crippen molar-refractivity contribution in [3.05, 3.63) is 86.4 Å². The second-order valence-electron chi connectivity index (χ2n) is 23.1. The number of hydrogen-bond acceptors (Lipinski definition) is 6. The van der Waals surface area contributed by atoms with Gasteiger partial charge in [-0.3, -0.25) is 0 Å². The van der Waals surface area contributed by atoms with Crippen LogP contribution in [0.1, 0.15) is 132 Å². The summed E-state index contributed by atoms with van der Waals surface area (Å²) in [7, 11) is 0. The maximum atomic E-state index is 7.64. The minimum absolute atomic E-state index is 0.0167. The largest absolute Gasteiger partial charge is 0.453 e. The van der Waals surface area contributed by atoms with Crippen molar-refractivity contribution in [2.24, 2.45) is 53.3 Å². The highest BCUT2D eigenvalue weighted by Crippen LogP contribution is 2.73. The van der Waals surface area contributed by atoms with Crippen molar-refractivity contribution < 1.29 is 14.2 Å². The summed E-state index contributed by atoms with van der Waals surface area (Å²) in [6.45, 7) is 0. The molecule has 12 aliphatic carbocycles. The molecule has 12 bridgehead atoms. The van der Waals surface area contributed by atoms with Crippen molar-refractivity contribution in [1.82, 2.24) is 0 Å². The molecule has 4 aromatic carbocycles. The topological polar surface area (TPSA) is 106 Å². The van der Waals surface area contributed by atoms with Crippen LogP contribution in [-0.2, 0) is 16.2 Å². The lowest BCUT2D eigenvalue weighted by Gasteiger charge is -2.63. The molecule has 0 aromatic heterocycles. The molecule has 12 fully saturated rings. The number of nitrogens with two attached hydrogens (primary N) is 3. The summed E-state index contributed by atoms with van der Waals surface area (Å²) in [6, 6.07) is 17.0. The Bertz CT molecular complexity index is 2320. The van der Waals surface area contributed by atoms with E-state index in [1.165, 1.54) is 127 Å². The number of hydrogen-bond donors (Lipinski definition) is 3. The quantitative estimate of drug-likeness (QED) is 0.145. The van der Waals surface area contributed by atoms with Gasteiger partial charge in [0.1, 0.15) is 17.2 Å². The first-order valence-corrected chi connectivity index (χ1v) is 25.5. The van der Waals surface area contributed by atoms with Crippen molar-refractivity contribution in [2.75, 3.05) is 17.2 Å². The maximum absolute atomic E-state index is 7.64. The zero-order chi connectivity index (χ0) is 42.6. The summed E-state index contributed by atoms with van der Waals surface area (Å²) >= 11 is 20.6. The van der Waals surface area contributed by atoms with Crippen molar-refractivity contribution in [1.29, 1.82) is 0 Å². The predicted octanol–water partition coefficient (Wildman–Crippen LogP) is 15.2. The highest BCUT2D eigenvalue weighted by atomic mass is 35.5. The van der Waals surface area contributed by atoms with Crippen molar-refractivity contribution in [2.45, 2.75) is 132 Å². The molecular formula is C54H60Cl3N3O3. The Balaban J connectivity index is 1.18. The van der Waals surface area contributed by atoms with Crippen LogP contribution in [0, 0.1) is 53.3 Å². The molecule has 6 nitrogen and oxygen atoms in total. The minimum Gasteiger partial charge on any atom is -0.453 e. The normalized spacial score (nSPS) is 37.5. The third-order valence-corrected chi connectivity index (χ3v) is 19.6. The fourth-order valence-electron chi connectivity index (χ4n) is 17.8. The zero-order valence-corrected chi connectivity index (χ0v) is 38.5. The molecule has 0 radical (unpaired) electrons. The van der Waals surface area contributed by atoms with Gasteiger partial charge in [0.2, 0.25) is 5.75 Å². The Morgan fingerprint density at radius 3 is 0.841 bits per heavy atom. The fraction of sp³-hybridized carbons (Fsp3) is 0.556. The average molecular weight is 905 g/mol. The molecule has 0 unspecified atom stereocenters. The number of benzene rings is 4. The van der Waals surface area contributed by atoms with E-state index in [-0.39, 0.29) is 16.2 Å². The first-order valence-electron chi connectivity index (χ1n) is 24.3. The lowest BCUT2D eigenvalue weighted by molar-refractivity contribution is -0.0255. The van der Waals surface area contributed by atoms with E-state index in [0.29, 0.717) is 55.1 Å². The van der Waals surface area contributed by atoms with Crippen LogP contribution in [0.5, 0.6) is 34.5 Å². The van der Waals surface area contributed by atoms with Gasteiger partial charge in [0.05, 0.1) is 32.1 Å². The fourth-order valence-corrected chi connectivity index (χ4v) is 18.3. The standard InChI is InChI=1S/C54H60Cl3N3O3/c55-40-16-37(1-4-43(40)58)61-49-47(53-22-31-10-32(23-53)12-33(11-31)24-53)46(52-19-28-7-29(20-52)9-30(8-28)21-52)48(54-25-34-13-35(26-54)15-36(14-34)27-54)50(62-38-2-5-44(59)41(56)17-38)51(49)63-39-3-6-45(60)42(57)18-39/h1-6,16-18,28-36H,7-15,19-27,58-60H2. The van der Waals surface area contributed by atoms with Gasteiger partial charge >= 0.3 is 0 Å². The van der Waals surface area contributed by atoms with E-state index in [4.69, 9.17) is 66.2 Å². The van der Waals surface area contributed by atoms with Crippen LogP contribution >= 0.6 is 34.8 Å². The molecule has 16 rings (SSSR count). The van der Waals surface area contributed by atoms with E-state index >= 15 is 0 Å². The molecule has 6 N–H and O–H groups in total. The highest BCUT2D eigenvalue weighted by Gasteiger charge is 2.62. The lowest BCUT2D eigenvalue weighted by Crippen LogP contribution is -2.55. The Kier molecular flexibility index (Phi) is 9.04. The predicted molar refractivity (Wildman–Crippen MR) is 254 cm³/mol. The molecule has 0 amide bonds. The van der Waals surface area contributed by atoms with Crippen LogP contribution in [0.15, 0.2) is 54.6 Å². The van der Waals surface area contributed by atoms with E-state index in [0.717, 1.165) is 64.8 Å². The average Bonchev–Trinajstić information content (AvgIpc) is 3.21. The molecule has 4 aromatic rings. The van der Waals surface area contributed by atoms with Gasteiger partial charge in [0.25, 0.3) is 0 Å². The summed E-state index contributed by atoms with van der Waals surface area (Å²) in [5.41, 5.74) is 25.1. The van der Waals surface area contributed by atoms with Gasteiger partial charge < -0.3 is 31.4 Å². The molecular weight excluding hydrogens is 845 g/mol. The molecule has 12 aliphatic rings. The van der Waals surface area contributed by atoms with Crippen LogP contribution < -0.4 is 31.4 Å². The molecule has 12 saturated carbocycles. The molecule has 9 heteroatoms. The number of nitrogen functional groups attached to an aromatic ring is 3. The summed E-state index contributed by atoms with van der Waals surface area (Å²) in [5, 5.41) is 1.38. The number of anilines is 3. The molecule has 0 aliphatic heterocycles. The second kappa shape index (κ2) is 14.3. The molecule has 0 atom stereocenters. The van der Waals surface area contributed by atoms with E-state index in [1.807, 2.05) is 54.6 Å². The summed E-state index contributed by atoms with van der Waals surface area (Å²) in [5.74, 6) is 10.6. The Hall–Kier alpha value is -3.45. The number of ether oxygens (including phenoxy) is 3. The van der Waals surface area contributed by atoms with Crippen molar-refractivity contribution in [3.8, 4) is 34.5 Å². The Morgan fingerprint density at radius 2 is 0.587 bits per heavy atom. The van der Waals surface area contributed by atoms with Gasteiger partial charge in [-0.05, 0) is 216 Å². The SMILES string of the molecule is Nc1ccc(Oc2c(Oc3ccc(N)c(Cl)c3)c(C34CC5CC(CC(C5)C3)C4)c(C34CC5CC(CC(C5)C3)C4)c(C34CC5CC(CC(C5)C3)C4)c2Oc2ccc(N)c(Cl)c2)cc1Cl. The third kappa shape index (κ3) is 6.44. The summed E-state index contributed by atoms with van der Waals surface area (Å²) in [6.07, 6.45) is 23.1.